The summed E-state index contributed by atoms with van der Waals surface area (Å²) in [5, 5.41) is 0. The van der Waals surface area contributed by atoms with Crippen LogP contribution in [0.25, 0.3) is 0 Å². The summed E-state index contributed by atoms with van der Waals surface area (Å²) in [5.41, 5.74) is 3.93. The molecule has 1 aromatic carbocycles. The van der Waals surface area contributed by atoms with Crippen LogP contribution in [0.4, 0.5) is 0 Å². The SMILES string of the molecule is Cc1cc(C)cc(CSCC(=O)N2CCC[C@H](C)C2)c1. The van der Waals surface area contributed by atoms with Crippen molar-refractivity contribution in [3.05, 3.63) is 34.9 Å². The maximum atomic E-state index is 12.2. The molecular weight excluding hydrogens is 266 g/mol. The summed E-state index contributed by atoms with van der Waals surface area (Å²) >= 11 is 1.74. The van der Waals surface area contributed by atoms with Gasteiger partial charge in [0.05, 0.1) is 5.75 Å². The quantitative estimate of drug-likeness (QED) is 0.841. The van der Waals surface area contributed by atoms with E-state index in [4.69, 9.17) is 0 Å². The van der Waals surface area contributed by atoms with Crippen molar-refractivity contribution >= 4 is 17.7 Å². The summed E-state index contributed by atoms with van der Waals surface area (Å²) in [6.45, 7) is 8.39. The number of rotatable bonds is 4. The van der Waals surface area contributed by atoms with Crippen molar-refractivity contribution in [2.45, 2.75) is 39.4 Å². The molecule has 2 rings (SSSR count). The lowest BCUT2D eigenvalue weighted by Gasteiger charge is -2.30. The predicted octanol–water partition coefficient (Wildman–Crippen LogP) is 3.80. The van der Waals surface area contributed by atoms with Crippen LogP contribution in [-0.4, -0.2) is 29.6 Å². The molecule has 1 saturated heterocycles. The van der Waals surface area contributed by atoms with E-state index in [0.29, 0.717) is 17.6 Å². The highest BCUT2D eigenvalue weighted by Gasteiger charge is 2.20. The van der Waals surface area contributed by atoms with Gasteiger partial charge in [-0.05, 0) is 38.2 Å². The number of hydrogen-bond donors (Lipinski definition) is 0. The second kappa shape index (κ2) is 7.16. The monoisotopic (exact) mass is 291 g/mol. The smallest absolute Gasteiger partial charge is 0.232 e. The van der Waals surface area contributed by atoms with E-state index in [9.17, 15) is 4.79 Å². The van der Waals surface area contributed by atoms with Gasteiger partial charge in [0, 0.05) is 18.8 Å². The van der Waals surface area contributed by atoms with Gasteiger partial charge in [-0.2, -0.15) is 0 Å². The Morgan fingerprint density at radius 1 is 1.30 bits per heavy atom. The molecule has 0 aromatic heterocycles. The van der Waals surface area contributed by atoms with Crippen LogP contribution >= 0.6 is 11.8 Å². The van der Waals surface area contributed by atoms with Crippen LogP contribution < -0.4 is 0 Å². The number of piperidine rings is 1. The molecule has 1 aromatic rings. The second-order valence-electron chi connectivity index (χ2n) is 6.08. The normalized spacial score (nSPS) is 19.1. The molecule has 0 bridgehead atoms. The van der Waals surface area contributed by atoms with Crippen molar-refractivity contribution in [2.75, 3.05) is 18.8 Å². The third kappa shape index (κ3) is 4.55. The largest absolute Gasteiger partial charge is 0.342 e. The maximum absolute atomic E-state index is 12.2. The van der Waals surface area contributed by atoms with Gasteiger partial charge in [-0.25, -0.2) is 0 Å². The van der Waals surface area contributed by atoms with Crippen LogP contribution in [-0.2, 0) is 10.5 Å². The third-order valence-electron chi connectivity index (χ3n) is 3.79. The van der Waals surface area contributed by atoms with Crippen molar-refractivity contribution in [3.63, 3.8) is 0 Å². The zero-order chi connectivity index (χ0) is 14.5. The van der Waals surface area contributed by atoms with Gasteiger partial charge in [-0.15, -0.1) is 11.8 Å². The van der Waals surface area contributed by atoms with E-state index in [2.05, 4.69) is 39.0 Å². The van der Waals surface area contributed by atoms with Gasteiger partial charge in [0.2, 0.25) is 5.91 Å². The first-order chi connectivity index (χ1) is 9.54. The summed E-state index contributed by atoms with van der Waals surface area (Å²) < 4.78 is 0. The number of thioether (sulfide) groups is 1. The van der Waals surface area contributed by atoms with E-state index in [1.165, 1.54) is 23.1 Å². The van der Waals surface area contributed by atoms with E-state index in [1.54, 1.807) is 11.8 Å². The maximum Gasteiger partial charge on any atom is 0.232 e. The minimum atomic E-state index is 0.311. The van der Waals surface area contributed by atoms with Crippen molar-refractivity contribution in [2.24, 2.45) is 5.92 Å². The lowest BCUT2D eigenvalue weighted by Crippen LogP contribution is -2.40. The minimum Gasteiger partial charge on any atom is -0.342 e. The molecule has 0 aliphatic carbocycles. The fourth-order valence-corrected chi connectivity index (χ4v) is 3.78. The molecule has 1 atom stereocenters. The molecule has 0 N–H and O–H groups in total. The Bertz CT molecular complexity index is 452. The molecule has 2 nitrogen and oxygen atoms in total. The fraction of sp³-hybridized carbons (Fsp3) is 0.588. The number of likely N-dealkylation sites (tertiary alicyclic amines) is 1. The van der Waals surface area contributed by atoms with E-state index >= 15 is 0 Å². The first-order valence-corrected chi connectivity index (χ1v) is 8.63. The van der Waals surface area contributed by atoms with Gasteiger partial charge in [-0.3, -0.25) is 4.79 Å². The van der Waals surface area contributed by atoms with E-state index < -0.39 is 0 Å². The van der Waals surface area contributed by atoms with Gasteiger partial charge in [0.25, 0.3) is 0 Å². The van der Waals surface area contributed by atoms with Crippen LogP contribution in [0.3, 0.4) is 0 Å². The van der Waals surface area contributed by atoms with Gasteiger partial charge < -0.3 is 4.90 Å². The topological polar surface area (TPSA) is 20.3 Å². The first kappa shape index (κ1) is 15.4. The van der Waals surface area contributed by atoms with Crippen LogP contribution in [0, 0.1) is 19.8 Å². The Balaban J connectivity index is 1.78. The van der Waals surface area contributed by atoms with Crippen LogP contribution in [0.1, 0.15) is 36.5 Å². The molecule has 110 valence electrons. The number of amides is 1. The summed E-state index contributed by atoms with van der Waals surface area (Å²) in [4.78, 5) is 14.2. The van der Waals surface area contributed by atoms with Gasteiger partial charge in [0.15, 0.2) is 0 Å². The number of carbonyl (C=O) groups is 1. The summed E-state index contributed by atoms with van der Waals surface area (Å²) in [6, 6.07) is 6.62. The lowest BCUT2D eigenvalue weighted by molar-refractivity contribution is -0.130. The highest BCUT2D eigenvalue weighted by molar-refractivity contribution is 7.99. The average Bonchev–Trinajstić information content (AvgIpc) is 2.37. The summed E-state index contributed by atoms with van der Waals surface area (Å²) in [7, 11) is 0. The van der Waals surface area contributed by atoms with Crippen molar-refractivity contribution < 1.29 is 4.79 Å². The lowest BCUT2D eigenvalue weighted by atomic mass is 10.0. The Morgan fingerprint density at radius 3 is 2.65 bits per heavy atom. The Labute approximate surface area is 126 Å². The predicted molar refractivity (Wildman–Crippen MR) is 87.1 cm³/mol. The zero-order valence-corrected chi connectivity index (χ0v) is 13.6. The Morgan fingerprint density at radius 2 is 2.00 bits per heavy atom. The molecule has 3 heteroatoms. The van der Waals surface area contributed by atoms with Crippen molar-refractivity contribution in [1.29, 1.82) is 0 Å². The fourth-order valence-electron chi connectivity index (χ4n) is 2.92. The second-order valence-corrected chi connectivity index (χ2v) is 7.06. The first-order valence-electron chi connectivity index (χ1n) is 7.47. The van der Waals surface area contributed by atoms with Crippen LogP contribution in [0.2, 0.25) is 0 Å². The molecule has 1 aliphatic rings. The molecule has 1 aliphatic heterocycles. The molecule has 0 radical (unpaired) electrons. The number of carbonyl (C=O) groups excluding carboxylic acids is 1. The van der Waals surface area contributed by atoms with Crippen LogP contribution in [0.5, 0.6) is 0 Å². The number of benzene rings is 1. The molecule has 1 heterocycles. The third-order valence-corrected chi connectivity index (χ3v) is 4.77. The molecule has 1 fully saturated rings. The Kier molecular flexibility index (Phi) is 5.53. The molecule has 20 heavy (non-hydrogen) atoms. The molecule has 0 spiro atoms. The highest BCUT2D eigenvalue weighted by Crippen LogP contribution is 2.19. The molecule has 0 saturated carbocycles. The van der Waals surface area contributed by atoms with E-state index in [0.717, 1.165) is 25.3 Å². The van der Waals surface area contributed by atoms with Crippen molar-refractivity contribution in [1.82, 2.24) is 4.90 Å². The summed E-state index contributed by atoms with van der Waals surface area (Å²) in [6.07, 6.45) is 2.42. The standard InChI is InChI=1S/C17H25NOS/c1-13-5-4-6-18(10-13)17(19)12-20-11-16-8-14(2)7-15(3)9-16/h7-9,13H,4-6,10-12H2,1-3H3/t13-/m0/s1. The van der Waals surface area contributed by atoms with Gasteiger partial charge >= 0.3 is 0 Å². The number of hydrogen-bond acceptors (Lipinski definition) is 2. The van der Waals surface area contributed by atoms with E-state index in [1.807, 2.05) is 4.90 Å². The molecular formula is C17H25NOS. The molecule has 1 amide bonds. The molecule has 0 unspecified atom stereocenters. The average molecular weight is 291 g/mol. The van der Waals surface area contributed by atoms with Crippen molar-refractivity contribution in [3.8, 4) is 0 Å². The Hall–Kier alpha value is -0.960. The zero-order valence-electron chi connectivity index (χ0n) is 12.8. The minimum absolute atomic E-state index is 0.311. The highest BCUT2D eigenvalue weighted by atomic mass is 32.2. The van der Waals surface area contributed by atoms with Gasteiger partial charge in [0.1, 0.15) is 0 Å². The number of nitrogens with zero attached hydrogens (tertiary/aromatic N) is 1. The number of aryl methyl sites for hydroxylation is 2. The van der Waals surface area contributed by atoms with Crippen LogP contribution in [0.15, 0.2) is 18.2 Å². The van der Waals surface area contributed by atoms with E-state index in [-0.39, 0.29) is 0 Å². The van der Waals surface area contributed by atoms with Gasteiger partial charge in [-0.1, -0.05) is 36.2 Å². The summed E-state index contributed by atoms with van der Waals surface area (Å²) in [5.74, 6) is 2.51.